The first kappa shape index (κ1) is 17.1. The van der Waals surface area contributed by atoms with Crippen molar-refractivity contribution in [1.29, 1.82) is 0 Å². The van der Waals surface area contributed by atoms with Crippen LogP contribution in [0.2, 0.25) is 0 Å². The van der Waals surface area contributed by atoms with E-state index in [1.54, 1.807) is 12.1 Å². The average Bonchev–Trinajstić information content (AvgIpc) is 3.04. The summed E-state index contributed by atoms with van der Waals surface area (Å²) in [6.07, 6.45) is 1.91. The fourth-order valence-corrected chi connectivity index (χ4v) is 2.53. The predicted molar refractivity (Wildman–Crippen MR) is 87.9 cm³/mol. The molecule has 0 aliphatic carbocycles. The van der Waals surface area contributed by atoms with Crippen LogP contribution in [-0.4, -0.2) is 28.3 Å². The molecule has 1 atom stereocenters. The SMILES string of the molecule is COc1cc(CNC(C)c2nnc3ccccn23)ccc1OC(F)F. The van der Waals surface area contributed by atoms with Crippen molar-refractivity contribution in [3.8, 4) is 11.5 Å². The summed E-state index contributed by atoms with van der Waals surface area (Å²) in [4.78, 5) is 0. The third kappa shape index (κ3) is 3.85. The number of hydrogen-bond acceptors (Lipinski definition) is 5. The zero-order valence-corrected chi connectivity index (χ0v) is 13.8. The number of benzene rings is 1. The maximum Gasteiger partial charge on any atom is 0.387 e. The second kappa shape index (κ2) is 7.43. The lowest BCUT2D eigenvalue weighted by molar-refractivity contribution is -0.0512. The molecule has 25 heavy (non-hydrogen) atoms. The topological polar surface area (TPSA) is 60.7 Å². The minimum Gasteiger partial charge on any atom is -0.493 e. The van der Waals surface area contributed by atoms with Gasteiger partial charge in [-0.15, -0.1) is 10.2 Å². The van der Waals surface area contributed by atoms with E-state index in [1.807, 2.05) is 35.7 Å². The van der Waals surface area contributed by atoms with Gasteiger partial charge in [-0.25, -0.2) is 0 Å². The third-order valence-corrected chi connectivity index (χ3v) is 3.78. The van der Waals surface area contributed by atoms with Crippen LogP contribution in [0.5, 0.6) is 11.5 Å². The molecule has 0 saturated carbocycles. The van der Waals surface area contributed by atoms with Crippen LogP contribution in [0.15, 0.2) is 42.6 Å². The summed E-state index contributed by atoms with van der Waals surface area (Å²) >= 11 is 0. The lowest BCUT2D eigenvalue weighted by Crippen LogP contribution is -2.20. The van der Waals surface area contributed by atoms with Crippen LogP contribution >= 0.6 is 0 Å². The van der Waals surface area contributed by atoms with Gasteiger partial charge in [0.25, 0.3) is 0 Å². The Morgan fingerprint density at radius 3 is 2.76 bits per heavy atom. The third-order valence-electron chi connectivity index (χ3n) is 3.78. The van der Waals surface area contributed by atoms with Gasteiger partial charge in [0, 0.05) is 12.7 Å². The van der Waals surface area contributed by atoms with Gasteiger partial charge in [0.1, 0.15) is 0 Å². The molecule has 132 valence electrons. The first-order chi connectivity index (χ1) is 12.1. The number of halogens is 2. The van der Waals surface area contributed by atoms with Crippen molar-refractivity contribution in [2.24, 2.45) is 0 Å². The Kier molecular flexibility index (Phi) is 5.08. The number of nitrogens with zero attached hydrogens (tertiary/aromatic N) is 3. The van der Waals surface area contributed by atoms with Crippen molar-refractivity contribution in [3.05, 3.63) is 54.0 Å². The number of aromatic nitrogens is 3. The highest BCUT2D eigenvalue weighted by Crippen LogP contribution is 2.29. The molecule has 0 aliphatic rings. The van der Waals surface area contributed by atoms with E-state index in [0.717, 1.165) is 17.0 Å². The Bertz CT molecular complexity index is 854. The number of rotatable bonds is 7. The number of hydrogen-bond donors (Lipinski definition) is 1. The highest BCUT2D eigenvalue weighted by atomic mass is 19.3. The average molecular weight is 348 g/mol. The number of pyridine rings is 1. The maximum atomic E-state index is 12.4. The molecule has 3 rings (SSSR count). The second-order valence-electron chi connectivity index (χ2n) is 5.45. The second-order valence-corrected chi connectivity index (χ2v) is 5.45. The van der Waals surface area contributed by atoms with Crippen molar-refractivity contribution in [2.75, 3.05) is 7.11 Å². The van der Waals surface area contributed by atoms with Gasteiger partial charge in [-0.1, -0.05) is 12.1 Å². The normalized spacial score (nSPS) is 12.5. The molecule has 2 heterocycles. The van der Waals surface area contributed by atoms with E-state index >= 15 is 0 Å². The zero-order valence-electron chi connectivity index (χ0n) is 13.8. The van der Waals surface area contributed by atoms with Crippen molar-refractivity contribution in [2.45, 2.75) is 26.1 Å². The van der Waals surface area contributed by atoms with Crippen LogP contribution in [0.3, 0.4) is 0 Å². The summed E-state index contributed by atoms with van der Waals surface area (Å²) in [6, 6.07) is 10.5. The molecule has 3 aromatic rings. The van der Waals surface area contributed by atoms with Crippen molar-refractivity contribution in [3.63, 3.8) is 0 Å². The molecular weight excluding hydrogens is 330 g/mol. The molecule has 2 aromatic heterocycles. The Morgan fingerprint density at radius 1 is 1.16 bits per heavy atom. The van der Waals surface area contributed by atoms with Gasteiger partial charge in [0.2, 0.25) is 0 Å². The molecule has 1 N–H and O–H groups in total. The fraction of sp³-hybridized carbons (Fsp3) is 0.294. The molecule has 0 amide bonds. The summed E-state index contributed by atoms with van der Waals surface area (Å²) in [5.74, 6) is 1.07. The maximum absolute atomic E-state index is 12.4. The molecule has 8 heteroatoms. The highest BCUT2D eigenvalue weighted by molar-refractivity contribution is 5.43. The van der Waals surface area contributed by atoms with Gasteiger partial charge in [-0.2, -0.15) is 8.78 Å². The van der Waals surface area contributed by atoms with E-state index in [1.165, 1.54) is 13.2 Å². The van der Waals surface area contributed by atoms with Crippen molar-refractivity contribution < 1.29 is 18.3 Å². The first-order valence-electron chi connectivity index (χ1n) is 7.73. The predicted octanol–water partition coefficient (Wildman–Crippen LogP) is 3.19. The molecule has 0 saturated heterocycles. The Hall–Kier alpha value is -2.74. The van der Waals surface area contributed by atoms with E-state index in [-0.39, 0.29) is 17.5 Å². The monoisotopic (exact) mass is 348 g/mol. The first-order valence-corrected chi connectivity index (χ1v) is 7.73. The molecule has 1 aromatic carbocycles. The Balaban J connectivity index is 1.70. The molecule has 0 bridgehead atoms. The zero-order chi connectivity index (χ0) is 17.8. The summed E-state index contributed by atoms with van der Waals surface area (Å²) in [6.45, 7) is -0.400. The van der Waals surface area contributed by atoms with Gasteiger partial charge in [-0.05, 0) is 36.8 Å². The lowest BCUT2D eigenvalue weighted by Gasteiger charge is -2.14. The number of ether oxygens (including phenoxy) is 2. The van der Waals surface area contributed by atoms with E-state index in [0.29, 0.717) is 6.54 Å². The Morgan fingerprint density at radius 2 is 2.00 bits per heavy atom. The number of alkyl halides is 2. The minimum absolute atomic E-state index is 0.0118. The van der Waals surface area contributed by atoms with Crippen molar-refractivity contribution >= 4 is 5.65 Å². The van der Waals surface area contributed by atoms with E-state index in [4.69, 9.17) is 4.74 Å². The smallest absolute Gasteiger partial charge is 0.387 e. The lowest BCUT2D eigenvalue weighted by atomic mass is 10.2. The summed E-state index contributed by atoms with van der Waals surface area (Å²) in [7, 11) is 1.41. The number of fused-ring (bicyclic) bond motifs is 1. The summed E-state index contributed by atoms with van der Waals surface area (Å²) in [5.41, 5.74) is 1.65. The van der Waals surface area contributed by atoms with Crippen LogP contribution in [-0.2, 0) is 6.54 Å². The summed E-state index contributed by atoms with van der Waals surface area (Å²) in [5, 5.41) is 11.7. The molecule has 0 radical (unpaired) electrons. The van der Waals surface area contributed by atoms with E-state index < -0.39 is 6.61 Å². The van der Waals surface area contributed by atoms with Gasteiger partial charge >= 0.3 is 6.61 Å². The van der Waals surface area contributed by atoms with Crippen LogP contribution in [0, 0.1) is 0 Å². The van der Waals surface area contributed by atoms with E-state index in [2.05, 4.69) is 20.3 Å². The van der Waals surface area contributed by atoms with Crippen LogP contribution < -0.4 is 14.8 Å². The molecular formula is C17H18F2N4O2. The quantitative estimate of drug-likeness (QED) is 0.711. The van der Waals surface area contributed by atoms with Gasteiger partial charge in [0.05, 0.1) is 13.2 Å². The molecule has 0 spiro atoms. The summed E-state index contributed by atoms with van der Waals surface area (Å²) < 4.78 is 36.2. The van der Waals surface area contributed by atoms with Crippen molar-refractivity contribution in [1.82, 2.24) is 19.9 Å². The Labute approximate surface area is 143 Å². The standard InChI is InChI=1S/C17H18F2N4O2/c1-11(16-22-21-15-5-3-4-8-23(15)16)20-10-12-6-7-13(25-17(18)19)14(9-12)24-2/h3-9,11,17,20H,10H2,1-2H3. The van der Waals surface area contributed by atoms with Crippen LogP contribution in [0.25, 0.3) is 5.65 Å². The van der Waals surface area contributed by atoms with Crippen LogP contribution in [0.4, 0.5) is 8.78 Å². The highest BCUT2D eigenvalue weighted by Gasteiger charge is 2.14. The number of methoxy groups -OCH3 is 1. The van der Waals surface area contributed by atoms with Gasteiger partial charge in [-0.3, -0.25) is 4.40 Å². The molecule has 0 fully saturated rings. The molecule has 6 nitrogen and oxygen atoms in total. The number of nitrogens with one attached hydrogen (secondary N) is 1. The van der Waals surface area contributed by atoms with E-state index in [9.17, 15) is 8.78 Å². The van der Waals surface area contributed by atoms with Gasteiger partial charge in [0.15, 0.2) is 23.0 Å². The molecule has 1 unspecified atom stereocenters. The molecule has 0 aliphatic heterocycles. The van der Waals surface area contributed by atoms with Crippen LogP contribution in [0.1, 0.15) is 24.4 Å². The minimum atomic E-state index is -2.89. The largest absolute Gasteiger partial charge is 0.493 e. The fourth-order valence-electron chi connectivity index (χ4n) is 2.53. The van der Waals surface area contributed by atoms with Gasteiger partial charge < -0.3 is 14.8 Å².